The molecule has 3 nitrogen and oxygen atoms in total. The van der Waals surface area contributed by atoms with Crippen molar-refractivity contribution in [1.82, 2.24) is 8.75 Å². The predicted octanol–water partition coefficient (Wildman–Crippen LogP) is 3.12. The van der Waals surface area contributed by atoms with Crippen molar-refractivity contribution in [3.8, 4) is 0 Å². The van der Waals surface area contributed by atoms with Gasteiger partial charge < -0.3 is 0 Å². The molecule has 3 aromatic rings. The molecule has 2 aromatic carbocycles. The van der Waals surface area contributed by atoms with Crippen LogP contribution in [0.2, 0.25) is 0 Å². The van der Waals surface area contributed by atoms with Gasteiger partial charge in [-0.3, -0.25) is 4.79 Å². The molecule has 1 aromatic heterocycles. The maximum atomic E-state index is 12.0. The molecule has 18 heavy (non-hydrogen) atoms. The molecule has 3 rings (SSSR count). The molecule has 88 valence electrons. The number of rotatable bonds is 3. The number of Topliss-reactive ketones (excluding diaryl/α,β-unsaturated/α-hetero) is 1. The SMILES string of the molecule is O=C(Cc1cccc2ccccc12)c1cnsn1. The Balaban J connectivity index is 1.98. The van der Waals surface area contributed by atoms with Crippen molar-refractivity contribution in [2.45, 2.75) is 6.42 Å². The van der Waals surface area contributed by atoms with Crippen molar-refractivity contribution in [1.29, 1.82) is 0 Å². The summed E-state index contributed by atoms with van der Waals surface area (Å²) in [7, 11) is 0. The number of nitrogens with zero attached hydrogens (tertiary/aromatic N) is 2. The average molecular weight is 254 g/mol. The normalized spacial score (nSPS) is 10.7. The van der Waals surface area contributed by atoms with Gasteiger partial charge in [-0.05, 0) is 16.3 Å². The fourth-order valence-electron chi connectivity index (χ4n) is 2.00. The highest BCUT2D eigenvalue weighted by Gasteiger charge is 2.11. The van der Waals surface area contributed by atoms with Crippen molar-refractivity contribution in [2.24, 2.45) is 0 Å². The maximum Gasteiger partial charge on any atom is 0.188 e. The van der Waals surface area contributed by atoms with Crippen LogP contribution >= 0.6 is 11.7 Å². The smallest absolute Gasteiger partial charge is 0.188 e. The molecule has 0 bridgehead atoms. The first-order valence-corrected chi connectivity index (χ1v) is 6.35. The van der Waals surface area contributed by atoms with Gasteiger partial charge in [0, 0.05) is 6.42 Å². The molecule has 0 spiro atoms. The van der Waals surface area contributed by atoms with E-state index in [9.17, 15) is 4.79 Å². The van der Waals surface area contributed by atoms with Crippen LogP contribution in [0.3, 0.4) is 0 Å². The van der Waals surface area contributed by atoms with E-state index < -0.39 is 0 Å². The second kappa shape index (κ2) is 4.66. The molecule has 0 aliphatic heterocycles. The van der Waals surface area contributed by atoms with Gasteiger partial charge in [0.1, 0.15) is 5.69 Å². The average Bonchev–Trinajstić information content (AvgIpc) is 2.93. The van der Waals surface area contributed by atoms with Crippen molar-refractivity contribution in [2.75, 3.05) is 0 Å². The van der Waals surface area contributed by atoms with E-state index in [1.54, 1.807) is 0 Å². The molecule has 0 amide bonds. The van der Waals surface area contributed by atoms with E-state index in [2.05, 4.69) is 8.75 Å². The number of benzene rings is 2. The van der Waals surface area contributed by atoms with E-state index >= 15 is 0 Å². The minimum absolute atomic E-state index is 0.0140. The highest BCUT2D eigenvalue weighted by atomic mass is 32.1. The van der Waals surface area contributed by atoms with Crippen LogP contribution < -0.4 is 0 Å². The Labute approximate surface area is 108 Å². The Hall–Kier alpha value is -2.07. The topological polar surface area (TPSA) is 42.9 Å². The summed E-state index contributed by atoms with van der Waals surface area (Å²) in [6.45, 7) is 0. The Morgan fingerprint density at radius 1 is 1.11 bits per heavy atom. The summed E-state index contributed by atoms with van der Waals surface area (Å²) in [4.78, 5) is 12.0. The van der Waals surface area contributed by atoms with Gasteiger partial charge in [0.2, 0.25) is 0 Å². The van der Waals surface area contributed by atoms with Crippen LogP contribution in [-0.4, -0.2) is 14.5 Å². The van der Waals surface area contributed by atoms with Crippen LogP contribution in [0.25, 0.3) is 10.8 Å². The molecule has 0 aliphatic rings. The van der Waals surface area contributed by atoms with Crippen LogP contribution in [-0.2, 0) is 6.42 Å². The Bertz CT molecular complexity index is 687. The quantitative estimate of drug-likeness (QED) is 0.674. The van der Waals surface area contributed by atoms with E-state index in [1.165, 1.54) is 6.20 Å². The van der Waals surface area contributed by atoms with E-state index in [4.69, 9.17) is 0 Å². The van der Waals surface area contributed by atoms with Crippen LogP contribution in [0.15, 0.2) is 48.7 Å². The summed E-state index contributed by atoms with van der Waals surface area (Å²) in [5.74, 6) is 0.0140. The zero-order valence-corrected chi connectivity index (χ0v) is 10.4. The second-order valence-corrected chi connectivity index (χ2v) is 4.59. The van der Waals surface area contributed by atoms with Crippen LogP contribution in [0.1, 0.15) is 16.1 Å². The summed E-state index contributed by atoms with van der Waals surface area (Å²) in [6.07, 6.45) is 1.89. The molecule has 0 fully saturated rings. The first kappa shape index (κ1) is 11.0. The molecule has 0 unspecified atom stereocenters. The third kappa shape index (κ3) is 2.02. The molecule has 0 saturated heterocycles. The van der Waals surface area contributed by atoms with Gasteiger partial charge in [0.15, 0.2) is 5.78 Å². The Kier molecular flexibility index (Phi) is 2.86. The van der Waals surface area contributed by atoms with Crippen LogP contribution in [0.5, 0.6) is 0 Å². The Morgan fingerprint density at radius 3 is 2.78 bits per heavy atom. The largest absolute Gasteiger partial charge is 0.292 e. The number of ketones is 1. The molecule has 4 heteroatoms. The third-order valence-corrected chi connectivity index (χ3v) is 3.36. The zero-order chi connectivity index (χ0) is 12.4. The third-order valence-electron chi connectivity index (χ3n) is 2.88. The second-order valence-electron chi connectivity index (χ2n) is 4.03. The molecule has 1 heterocycles. The minimum Gasteiger partial charge on any atom is -0.292 e. The number of carbonyl (C=O) groups excluding carboxylic acids is 1. The van der Waals surface area contributed by atoms with E-state index in [0.717, 1.165) is 28.1 Å². The summed E-state index contributed by atoms with van der Waals surface area (Å²) in [5, 5.41) is 2.27. The molecule has 0 atom stereocenters. The fraction of sp³-hybridized carbons (Fsp3) is 0.0714. The summed E-state index contributed by atoms with van der Waals surface area (Å²) in [6, 6.07) is 14.1. The fourth-order valence-corrected chi connectivity index (χ4v) is 2.43. The summed E-state index contributed by atoms with van der Waals surface area (Å²) in [5.41, 5.74) is 1.49. The van der Waals surface area contributed by atoms with E-state index in [1.807, 2.05) is 42.5 Å². The van der Waals surface area contributed by atoms with E-state index in [0.29, 0.717) is 12.1 Å². The van der Waals surface area contributed by atoms with Crippen molar-refractivity contribution in [3.63, 3.8) is 0 Å². The highest BCUT2D eigenvalue weighted by Crippen LogP contribution is 2.19. The Morgan fingerprint density at radius 2 is 1.94 bits per heavy atom. The van der Waals surface area contributed by atoms with Crippen LogP contribution in [0.4, 0.5) is 0 Å². The number of aromatic nitrogens is 2. The zero-order valence-electron chi connectivity index (χ0n) is 9.54. The van der Waals surface area contributed by atoms with Gasteiger partial charge in [-0.15, -0.1) is 0 Å². The standard InChI is InChI=1S/C14H10N2OS/c17-14(13-9-15-18-16-13)8-11-6-3-5-10-4-1-2-7-12(10)11/h1-7,9H,8H2. The molecular formula is C14H10N2OS. The lowest BCUT2D eigenvalue weighted by Crippen LogP contribution is -2.04. The maximum absolute atomic E-state index is 12.0. The van der Waals surface area contributed by atoms with Crippen LogP contribution in [0, 0.1) is 0 Å². The highest BCUT2D eigenvalue weighted by molar-refractivity contribution is 6.99. The van der Waals surface area contributed by atoms with Crippen molar-refractivity contribution in [3.05, 3.63) is 59.9 Å². The van der Waals surface area contributed by atoms with E-state index in [-0.39, 0.29) is 5.78 Å². The predicted molar refractivity (Wildman–Crippen MR) is 71.9 cm³/mol. The molecule has 0 N–H and O–H groups in total. The first-order chi connectivity index (χ1) is 8.84. The summed E-state index contributed by atoms with van der Waals surface area (Å²) >= 11 is 1.06. The molecule has 0 aliphatic carbocycles. The number of hydrogen-bond acceptors (Lipinski definition) is 4. The van der Waals surface area contributed by atoms with Gasteiger partial charge in [0.25, 0.3) is 0 Å². The number of carbonyl (C=O) groups is 1. The molecule has 0 saturated carbocycles. The summed E-state index contributed by atoms with van der Waals surface area (Å²) < 4.78 is 7.83. The first-order valence-electron chi connectivity index (χ1n) is 5.62. The molecule has 0 radical (unpaired) electrons. The van der Waals surface area contributed by atoms with Gasteiger partial charge in [-0.2, -0.15) is 8.75 Å². The lowest BCUT2D eigenvalue weighted by molar-refractivity contribution is 0.0989. The van der Waals surface area contributed by atoms with Crippen molar-refractivity contribution >= 4 is 28.3 Å². The van der Waals surface area contributed by atoms with Gasteiger partial charge in [0.05, 0.1) is 17.9 Å². The van der Waals surface area contributed by atoms with Gasteiger partial charge in [-0.1, -0.05) is 42.5 Å². The number of fused-ring (bicyclic) bond motifs is 1. The minimum atomic E-state index is 0.0140. The lowest BCUT2D eigenvalue weighted by atomic mass is 10.00. The monoisotopic (exact) mass is 254 g/mol. The lowest BCUT2D eigenvalue weighted by Gasteiger charge is -2.04. The molecular weight excluding hydrogens is 244 g/mol. The number of hydrogen-bond donors (Lipinski definition) is 0. The van der Waals surface area contributed by atoms with Gasteiger partial charge in [-0.25, -0.2) is 0 Å². The van der Waals surface area contributed by atoms with Crippen molar-refractivity contribution < 1.29 is 4.79 Å². The van der Waals surface area contributed by atoms with Gasteiger partial charge >= 0.3 is 0 Å².